The summed E-state index contributed by atoms with van der Waals surface area (Å²) in [6.45, 7) is 13.9. The lowest BCUT2D eigenvalue weighted by Crippen LogP contribution is -2.50. The number of fused-ring (bicyclic) bond motifs is 1. The van der Waals surface area contributed by atoms with Gasteiger partial charge in [0.15, 0.2) is 0 Å². The number of hydrogen-bond acceptors (Lipinski definition) is 13. The molecule has 15 heteroatoms. The molecule has 7 atom stereocenters. The number of aliphatic imine (C=N–C) groups is 1. The van der Waals surface area contributed by atoms with Crippen LogP contribution in [0.4, 0.5) is 4.79 Å². The molecule has 1 aromatic carbocycles. The third kappa shape index (κ3) is 9.43. The van der Waals surface area contributed by atoms with Gasteiger partial charge >= 0.3 is 18.0 Å². The second-order valence-corrected chi connectivity index (χ2v) is 13.7. The molecule has 0 radical (unpaired) electrons. The Morgan fingerprint density at radius 1 is 1.00 bits per heavy atom. The van der Waals surface area contributed by atoms with Gasteiger partial charge in [-0.3, -0.25) is 24.8 Å². The number of aliphatic hydroxyl groups excluding tert-OH is 3. The monoisotopic (exact) mass is 689 g/mol. The Morgan fingerprint density at radius 3 is 2.06 bits per heavy atom. The number of aliphatic hydroxyl groups is 3. The van der Waals surface area contributed by atoms with Crippen molar-refractivity contribution >= 4 is 35.7 Å². The van der Waals surface area contributed by atoms with Gasteiger partial charge < -0.3 is 34.3 Å². The van der Waals surface area contributed by atoms with Gasteiger partial charge in [0.05, 0.1) is 23.8 Å². The van der Waals surface area contributed by atoms with E-state index in [2.05, 4.69) is 10.3 Å². The highest BCUT2D eigenvalue weighted by atomic mass is 16.7. The van der Waals surface area contributed by atoms with Crippen molar-refractivity contribution in [2.75, 3.05) is 6.61 Å². The van der Waals surface area contributed by atoms with Crippen LogP contribution in [0.25, 0.3) is 0 Å². The van der Waals surface area contributed by atoms with Gasteiger partial charge in [-0.2, -0.15) is 0 Å². The van der Waals surface area contributed by atoms with Gasteiger partial charge in [-0.05, 0) is 51.8 Å². The number of carbonyl (C=O) groups is 5. The molecule has 0 saturated carbocycles. The number of nitrogens with one attached hydrogen (secondary N) is 1. The van der Waals surface area contributed by atoms with Crippen LogP contribution in [0.2, 0.25) is 0 Å². The highest BCUT2D eigenvalue weighted by molar-refractivity contribution is 6.22. The van der Waals surface area contributed by atoms with Crippen molar-refractivity contribution in [3.05, 3.63) is 47.2 Å². The minimum Gasteiger partial charge on any atom is -0.480 e. The van der Waals surface area contributed by atoms with Crippen molar-refractivity contribution < 1.29 is 58.2 Å². The van der Waals surface area contributed by atoms with E-state index in [-0.39, 0.29) is 17.0 Å². The third-order valence-electron chi connectivity index (χ3n) is 7.76. The molecule has 4 N–H and O–H groups in total. The maximum Gasteiger partial charge on any atom is 0.413 e. The maximum absolute atomic E-state index is 13.6. The zero-order valence-electron chi connectivity index (χ0n) is 29.2. The van der Waals surface area contributed by atoms with E-state index in [1.54, 1.807) is 67.5 Å². The number of benzene rings is 1. The summed E-state index contributed by atoms with van der Waals surface area (Å²) in [6.07, 6.45) is -5.57. The number of ether oxygens (including phenoxy) is 4. The Bertz CT molecular complexity index is 1450. The van der Waals surface area contributed by atoms with Crippen LogP contribution in [0.3, 0.4) is 0 Å². The standard InChI is InChI=1S/C34H47N3O12/c1-16(2)25(37-28(41)20-12-10-11-13-21(20)29(37)42)31(44)48-32(17(3)4)47-30(43)24-14-22(18(5)27(46-24)26(40)23(39)15-38)35-19(6)36-33(45)49-34(7,8)9/h10-14,16-18,22-23,25-27,32,38-40H,15H2,1-9H3,(H,35,36,45)/t18-,22+,23-,25-,26-,27-,32?/m1/s1. The van der Waals surface area contributed by atoms with Crippen LogP contribution >= 0.6 is 0 Å². The number of imide groups is 1. The maximum atomic E-state index is 13.6. The first-order valence-electron chi connectivity index (χ1n) is 16.1. The molecule has 49 heavy (non-hydrogen) atoms. The van der Waals surface area contributed by atoms with Crippen molar-refractivity contribution in [3.8, 4) is 0 Å². The van der Waals surface area contributed by atoms with Crippen LogP contribution in [0.5, 0.6) is 0 Å². The average Bonchev–Trinajstić information content (AvgIpc) is 3.25. The average molecular weight is 690 g/mol. The van der Waals surface area contributed by atoms with E-state index in [1.165, 1.54) is 25.1 Å². The summed E-state index contributed by atoms with van der Waals surface area (Å²) in [5, 5.41) is 32.9. The van der Waals surface area contributed by atoms with Crippen molar-refractivity contribution in [1.29, 1.82) is 0 Å². The van der Waals surface area contributed by atoms with Crippen LogP contribution in [0, 0.1) is 17.8 Å². The van der Waals surface area contributed by atoms with Gasteiger partial charge in [-0.1, -0.05) is 46.8 Å². The summed E-state index contributed by atoms with van der Waals surface area (Å²) in [6, 6.07) is 3.94. The smallest absolute Gasteiger partial charge is 0.413 e. The molecule has 1 unspecified atom stereocenters. The number of hydrogen-bond donors (Lipinski definition) is 4. The van der Waals surface area contributed by atoms with Crippen molar-refractivity contribution in [1.82, 2.24) is 10.2 Å². The Kier molecular flexibility index (Phi) is 12.7. The predicted octanol–water partition coefficient (Wildman–Crippen LogP) is 2.32. The topological polar surface area (TPSA) is 211 Å². The molecule has 270 valence electrons. The number of alkyl carbamates (subject to hydrolysis) is 1. The summed E-state index contributed by atoms with van der Waals surface area (Å²) in [4.78, 5) is 71.0. The van der Waals surface area contributed by atoms with Crippen LogP contribution < -0.4 is 5.32 Å². The van der Waals surface area contributed by atoms with Crippen LogP contribution in [0.1, 0.15) is 83.0 Å². The lowest BCUT2D eigenvalue weighted by Gasteiger charge is -2.37. The molecule has 2 heterocycles. The third-order valence-corrected chi connectivity index (χ3v) is 7.76. The fraction of sp³-hybridized carbons (Fsp3) is 0.588. The molecule has 1 aromatic rings. The zero-order chi connectivity index (χ0) is 37.0. The molecule has 3 amide bonds. The van der Waals surface area contributed by atoms with E-state index in [1.807, 2.05) is 0 Å². The second-order valence-electron chi connectivity index (χ2n) is 13.7. The molecular formula is C34H47N3O12. The minimum absolute atomic E-state index is 0.106. The van der Waals surface area contributed by atoms with Gasteiger partial charge in [-0.25, -0.2) is 14.4 Å². The summed E-state index contributed by atoms with van der Waals surface area (Å²) >= 11 is 0. The van der Waals surface area contributed by atoms with Gasteiger partial charge in [-0.15, -0.1) is 0 Å². The normalized spacial score (nSPS) is 22.1. The fourth-order valence-electron chi connectivity index (χ4n) is 5.26. The first kappa shape index (κ1) is 39.1. The summed E-state index contributed by atoms with van der Waals surface area (Å²) < 4.78 is 22.2. The predicted molar refractivity (Wildman–Crippen MR) is 174 cm³/mol. The Labute approximate surface area is 285 Å². The molecule has 3 rings (SSSR count). The Morgan fingerprint density at radius 2 is 1.57 bits per heavy atom. The van der Waals surface area contributed by atoms with E-state index in [0.29, 0.717) is 0 Å². The first-order valence-corrected chi connectivity index (χ1v) is 16.1. The lowest BCUT2D eigenvalue weighted by molar-refractivity contribution is -0.201. The number of carbonyl (C=O) groups excluding carboxylic acids is 5. The van der Waals surface area contributed by atoms with Gasteiger partial charge in [0.25, 0.3) is 11.8 Å². The number of esters is 2. The number of amidine groups is 1. The lowest BCUT2D eigenvalue weighted by atomic mass is 9.87. The van der Waals surface area contributed by atoms with E-state index in [0.717, 1.165) is 4.90 Å². The highest BCUT2D eigenvalue weighted by Gasteiger charge is 2.46. The second kappa shape index (κ2) is 15.9. The van der Waals surface area contributed by atoms with E-state index in [9.17, 15) is 39.3 Å². The summed E-state index contributed by atoms with van der Waals surface area (Å²) in [7, 11) is 0. The van der Waals surface area contributed by atoms with Crippen LogP contribution in [-0.2, 0) is 28.5 Å². The van der Waals surface area contributed by atoms with E-state index >= 15 is 0 Å². The number of rotatable bonds is 11. The van der Waals surface area contributed by atoms with E-state index < -0.39 is 102 Å². The molecule has 0 spiro atoms. The van der Waals surface area contributed by atoms with Crippen molar-refractivity contribution in [2.24, 2.45) is 22.7 Å². The molecular weight excluding hydrogens is 642 g/mol. The van der Waals surface area contributed by atoms with Crippen LogP contribution in [0.15, 0.2) is 41.1 Å². The Balaban J connectivity index is 1.87. The zero-order valence-corrected chi connectivity index (χ0v) is 29.2. The molecule has 0 fully saturated rings. The quantitative estimate of drug-likeness (QED) is 0.0867. The SMILES string of the molecule is CC(=N[C@H]1C=C(C(=O)OC(OC(=O)[C@@H](C(C)C)N2C(=O)c3ccccc3C2=O)C(C)C)O[C@@H]([C@H](O)[C@H](O)CO)[C@@H]1C)NC(=O)OC(C)(C)C. The Hall–Kier alpha value is -4.34. The first-order chi connectivity index (χ1) is 22.8. The fourth-order valence-corrected chi connectivity index (χ4v) is 5.26. The van der Waals surface area contributed by atoms with Crippen molar-refractivity contribution in [3.63, 3.8) is 0 Å². The van der Waals surface area contributed by atoms with Gasteiger partial charge in [0.2, 0.25) is 12.0 Å². The van der Waals surface area contributed by atoms with Crippen LogP contribution in [-0.4, -0.2) is 105 Å². The molecule has 15 nitrogen and oxygen atoms in total. The molecule has 2 aliphatic rings. The number of amides is 3. The molecule has 2 aliphatic heterocycles. The number of nitrogens with zero attached hydrogens (tertiary/aromatic N) is 2. The molecule has 0 aromatic heterocycles. The molecule has 0 aliphatic carbocycles. The van der Waals surface area contributed by atoms with Gasteiger partial charge in [0, 0.05) is 11.8 Å². The van der Waals surface area contributed by atoms with Gasteiger partial charge in [0.1, 0.15) is 35.8 Å². The molecule has 0 bridgehead atoms. The molecule has 0 saturated heterocycles. The highest BCUT2D eigenvalue weighted by Crippen LogP contribution is 2.31. The summed E-state index contributed by atoms with van der Waals surface area (Å²) in [5.74, 6) is -5.62. The summed E-state index contributed by atoms with van der Waals surface area (Å²) in [5.41, 5.74) is -0.464. The minimum atomic E-state index is -1.67. The van der Waals surface area contributed by atoms with E-state index in [4.69, 9.17) is 18.9 Å². The largest absolute Gasteiger partial charge is 0.480 e. The van der Waals surface area contributed by atoms with Crippen molar-refractivity contribution in [2.45, 2.75) is 105 Å².